The highest BCUT2D eigenvalue weighted by Gasteiger charge is 2.09. The van der Waals surface area contributed by atoms with Gasteiger partial charge in [0, 0.05) is 0 Å². The fraction of sp³-hybridized carbons (Fsp3) is 0.100. The van der Waals surface area contributed by atoms with Gasteiger partial charge in [-0.3, -0.25) is 0 Å². The highest BCUT2D eigenvalue weighted by atomic mass is 19.3. The highest BCUT2D eigenvalue weighted by molar-refractivity contribution is 5.72. The first-order valence-electron chi connectivity index (χ1n) is 4.42. The van der Waals surface area contributed by atoms with E-state index >= 15 is 0 Å². The topological polar surface area (TPSA) is 61.3 Å². The van der Waals surface area contributed by atoms with Gasteiger partial charge in [0.1, 0.15) is 5.75 Å². The summed E-state index contributed by atoms with van der Waals surface area (Å²) in [6.45, 7) is -2.85. The lowest BCUT2D eigenvalue weighted by Gasteiger charge is -2.05. The fourth-order valence-corrected chi connectivity index (χ4v) is 1.31. The molecule has 0 unspecified atom stereocenters. The third-order valence-electron chi connectivity index (χ3n) is 1.97. The number of hydrogen-bond donors (Lipinski definition) is 1. The van der Waals surface area contributed by atoms with E-state index in [-0.39, 0.29) is 11.6 Å². The molecular formula is C10H8F2N2O2. The van der Waals surface area contributed by atoms with Gasteiger partial charge in [0.15, 0.2) is 0 Å². The van der Waals surface area contributed by atoms with Gasteiger partial charge in [0.2, 0.25) is 5.88 Å². The number of anilines is 1. The summed E-state index contributed by atoms with van der Waals surface area (Å²) in [5.41, 5.74) is 6.66. The Bertz CT molecular complexity index is 485. The third-order valence-corrected chi connectivity index (χ3v) is 1.97. The van der Waals surface area contributed by atoms with Crippen LogP contribution in [0.1, 0.15) is 0 Å². The van der Waals surface area contributed by atoms with E-state index in [4.69, 9.17) is 5.73 Å². The lowest BCUT2D eigenvalue weighted by molar-refractivity contribution is -0.0498. The van der Waals surface area contributed by atoms with Crippen molar-refractivity contribution in [2.24, 2.45) is 0 Å². The quantitative estimate of drug-likeness (QED) is 0.873. The van der Waals surface area contributed by atoms with Crippen LogP contribution in [-0.4, -0.2) is 11.8 Å². The van der Waals surface area contributed by atoms with Crippen LogP contribution >= 0.6 is 0 Å². The van der Waals surface area contributed by atoms with Crippen molar-refractivity contribution in [2.75, 3.05) is 5.73 Å². The molecule has 0 bridgehead atoms. The number of nitrogens with zero attached hydrogens (tertiary/aromatic N) is 1. The van der Waals surface area contributed by atoms with Crippen molar-refractivity contribution in [1.29, 1.82) is 0 Å². The van der Waals surface area contributed by atoms with E-state index in [0.717, 1.165) is 0 Å². The molecule has 2 aromatic rings. The van der Waals surface area contributed by atoms with Crippen LogP contribution in [0.5, 0.6) is 5.75 Å². The van der Waals surface area contributed by atoms with Gasteiger partial charge in [-0.05, 0) is 17.7 Å². The van der Waals surface area contributed by atoms with Crippen LogP contribution in [0.4, 0.5) is 14.7 Å². The van der Waals surface area contributed by atoms with Crippen molar-refractivity contribution >= 4 is 5.88 Å². The summed E-state index contributed by atoms with van der Waals surface area (Å²) in [6, 6.07) is 6.15. The number of hydrogen-bond acceptors (Lipinski definition) is 4. The molecule has 0 radical (unpaired) electrons. The largest absolute Gasteiger partial charge is 0.435 e. The summed E-state index contributed by atoms with van der Waals surface area (Å²) in [4.78, 5) is 0. The second-order valence-corrected chi connectivity index (χ2v) is 3.01. The molecule has 0 fully saturated rings. The van der Waals surface area contributed by atoms with Gasteiger partial charge < -0.3 is 15.0 Å². The van der Waals surface area contributed by atoms with E-state index in [0.29, 0.717) is 11.1 Å². The molecular weight excluding hydrogens is 218 g/mol. The number of nitrogens with two attached hydrogens (primary N) is 1. The lowest BCUT2D eigenvalue weighted by atomic mass is 10.1. The second kappa shape index (κ2) is 4.18. The van der Waals surface area contributed by atoms with Crippen LogP contribution in [0.15, 0.2) is 35.0 Å². The number of rotatable bonds is 3. The zero-order valence-electron chi connectivity index (χ0n) is 8.06. The molecule has 0 aliphatic rings. The molecule has 4 nitrogen and oxygen atoms in total. The number of nitrogen functional groups attached to an aromatic ring is 1. The number of aromatic nitrogens is 1. The van der Waals surface area contributed by atoms with Crippen LogP contribution < -0.4 is 10.5 Å². The minimum atomic E-state index is -2.85. The number of benzene rings is 1. The molecule has 0 saturated heterocycles. The summed E-state index contributed by atoms with van der Waals surface area (Å²) in [5.74, 6) is 0.197. The molecule has 1 aromatic carbocycles. The summed E-state index contributed by atoms with van der Waals surface area (Å²) < 4.78 is 32.9. The standard InChI is InChI=1S/C10H8F2N2O2/c11-10(12)15-7-3-1-2-6(4-7)8-5-14-16-9(8)13/h1-5,10H,13H2. The van der Waals surface area contributed by atoms with Gasteiger partial charge in [-0.2, -0.15) is 8.78 Å². The van der Waals surface area contributed by atoms with E-state index in [9.17, 15) is 8.78 Å². The maximum atomic E-state index is 12.0. The molecule has 2 rings (SSSR count). The van der Waals surface area contributed by atoms with E-state index in [2.05, 4.69) is 14.4 Å². The second-order valence-electron chi connectivity index (χ2n) is 3.01. The molecule has 0 amide bonds. The molecule has 16 heavy (non-hydrogen) atoms. The normalized spacial score (nSPS) is 10.7. The average Bonchev–Trinajstić information content (AvgIpc) is 2.64. The zero-order chi connectivity index (χ0) is 11.5. The Morgan fingerprint density at radius 1 is 1.38 bits per heavy atom. The summed E-state index contributed by atoms with van der Waals surface area (Å²) >= 11 is 0. The van der Waals surface area contributed by atoms with Crippen molar-refractivity contribution in [3.8, 4) is 16.9 Å². The van der Waals surface area contributed by atoms with Crippen LogP contribution in [0.3, 0.4) is 0 Å². The Balaban J connectivity index is 2.33. The number of alkyl halides is 2. The molecule has 2 N–H and O–H groups in total. The van der Waals surface area contributed by atoms with Crippen molar-refractivity contribution in [1.82, 2.24) is 5.16 Å². The van der Waals surface area contributed by atoms with E-state index in [1.54, 1.807) is 12.1 Å². The van der Waals surface area contributed by atoms with Crippen molar-refractivity contribution in [3.05, 3.63) is 30.5 Å². The molecule has 0 spiro atoms. The van der Waals surface area contributed by atoms with Crippen LogP contribution in [-0.2, 0) is 0 Å². The SMILES string of the molecule is Nc1oncc1-c1cccc(OC(F)F)c1. The molecule has 0 atom stereocenters. The predicted molar refractivity (Wildman–Crippen MR) is 53.0 cm³/mol. The Kier molecular flexibility index (Phi) is 2.72. The van der Waals surface area contributed by atoms with Crippen molar-refractivity contribution < 1.29 is 18.0 Å². The smallest absolute Gasteiger partial charge is 0.387 e. The summed E-state index contributed by atoms with van der Waals surface area (Å²) in [7, 11) is 0. The van der Waals surface area contributed by atoms with Crippen LogP contribution in [0.25, 0.3) is 11.1 Å². The number of ether oxygens (including phenoxy) is 1. The first-order valence-corrected chi connectivity index (χ1v) is 4.42. The Morgan fingerprint density at radius 3 is 2.81 bits per heavy atom. The van der Waals surface area contributed by atoms with Crippen molar-refractivity contribution in [3.63, 3.8) is 0 Å². The number of halogens is 2. The molecule has 6 heteroatoms. The maximum Gasteiger partial charge on any atom is 0.387 e. The molecule has 0 aliphatic carbocycles. The Labute approximate surface area is 89.6 Å². The van der Waals surface area contributed by atoms with E-state index in [1.165, 1.54) is 18.3 Å². The molecule has 84 valence electrons. The molecule has 0 saturated carbocycles. The molecule has 1 aromatic heterocycles. The van der Waals surface area contributed by atoms with Crippen LogP contribution in [0, 0.1) is 0 Å². The zero-order valence-corrected chi connectivity index (χ0v) is 8.06. The first kappa shape index (κ1) is 10.4. The average molecular weight is 226 g/mol. The highest BCUT2D eigenvalue weighted by Crippen LogP contribution is 2.28. The van der Waals surface area contributed by atoms with E-state index < -0.39 is 6.61 Å². The van der Waals surface area contributed by atoms with Gasteiger partial charge in [-0.15, -0.1) is 0 Å². The van der Waals surface area contributed by atoms with Crippen molar-refractivity contribution in [2.45, 2.75) is 6.61 Å². The van der Waals surface area contributed by atoms with Gasteiger partial charge in [-0.1, -0.05) is 17.3 Å². The minimum absolute atomic E-state index is 0.0631. The Hall–Kier alpha value is -2.11. The monoisotopic (exact) mass is 226 g/mol. The predicted octanol–water partition coefficient (Wildman–Crippen LogP) is 2.53. The van der Waals surface area contributed by atoms with Gasteiger partial charge in [0.25, 0.3) is 0 Å². The summed E-state index contributed by atoms with van der Waals surface area (Å²) in [5, 5.41) is 3.50. The maximum absolute atomic E-state index is 12.0. The lowest BCUT2D eigenvalue weighted by Crippen LogP contribution is -2.01. The Morgan fingerprint density at radius 2 is 2.19 bits per heavy atom. The molecule has 0 aliphatic heterocycles. The minimum Gasteiger partial charge on any atom is -0.435 e. The van der Waals surface area contributed by atoms with Gasteiger partial charge >= 0.3 is 6.61 Å². The van der Waals surface area contributed by atoms with E-state index in [1.807, 2.05) is 0 Å². The molecule has 1 heterocycles. The summed E-state index contributed by atoms with van der Waals surface area (Å²) in [6.07, 6.45) is 1.41. The third kappa shape index (κ3) is 2.10. The first-order chi connectivity index (χ1) is 7.66. The van der Waals surface area contributed by atoms with Gasteiger partial charge in [0.05, 0.1) is 11.8 Å². The fourth-order valence-electron chi connectivity index (χ4n) is 1.31. The van der Waals surface area contributed by atoms with Gasteiger partial charge in [-0.25, -0.2) is 0 Å². The van der Waals surface area contributed by atoms with Crippen LogP contribution in [0.2, 0.25) is 0 Å².